The Morgan fingerprint density at radius 1 is 1.21 bits per heavy atom. The lowest BCUT2D eigenvalue weighted by Gasteiger charge is -2.42. The van der Waals surface area contributed by atoms with Gasteiger partial charge in [-0.05, 0) is 37.5 Å². The molecule has 19 heavy (non-hydrogen) atoms. The van der Waals surface area contributed by atoms with Gasteiger partial charge in [0.15, 0.2) is 0 Å². The van der Waals surface area contributed by atoms with Crippen molar-refractivity contribution in [1.29, 1.82) is 0 Å². The Morgan fingerprint density at radius 2 is 2.00 bits per heavy atom. The second kappa shape index (κ2) is 7.64. The second-order valence-corrected chi connectivity index (χ2v) is 6.79. The number of hydrogen-bond donors (Lipinski definition) is 1. The topological polar surface area (TPSA) is 15.3 Å². The van der Waals surface area contributed by atoms with Crippen LogP contribution < -0.4 is 5.32 Å². The summed E-state index contributed by atoms with van der Waals surface area (Å²) in [6.45, 7) is 10.9. The van der Waals surface area contributed by atoms with E-state index in [-0.39, 0.29) is 0 Å². The smallest absolute Gasteiger partial charge is 0.0249 e. The molecule has 0 aromatic rings. The van der Waals surface area contributed by atoms with Crippen LogP contribution in [0.2, 0.25) is 0 Å². The van der Waals surface area contributed by atoms with E-state index < -0.39 is 0 Å². The highest BCUT2D eigenvalue weighted by Crippen LogP contribution is 2.37. The van der Waals surface area contributed by atoms with E-state index in [1.54, 1.807) is 0 Å². The van der Waals surface area contributed by atoms with Crippen LogP contribution in [0.15, 0.2) is 0 Å². The van der Waals surface area contributed by atoms with Gasteiger partial charge in [0.25, 0.3) is 0 Å². The third kappa shape index (κ3) is 4.46. The molecule has 112 valence electrons. The van der Waals surface area contributed by atoms with Crippen LogP contribution in [0.25, 0.3) is 0 Å². The summed E-state index contributed by atoms with van der Waals surface area (Å²) >= 11 is 0. The van der Waals surface area contributed by atoms with Crippen molar-refractivity contribution in [2.24, 2.45) is 11.8 Å². The van der Waals surface area contributed by atoms with Crippen LogP contribution in [0.3, 0.4) is 0 Å². The van der Waals surface area contributed by atoms with Gasteiger partial charge >= 0.3 is 0 Å². The van der Waals surface area contributed by atoms with Crippen LogP contribution in [0.1, 0.15) is 65.7 Å². The molecule has 3 atom stereocenters. The molecule has 2 fully saturated rings. The van der Waals surface area contributed by atoms with Gasteiger partial charge in [-0.15, -0.1) is 0 Å². The molecular formula is C17H34N2. The minimum Gasteiger partial charge on any atom is -0.311 e. The lowest BCUT2D eigenvalue weighted by atomic mass is 9.95. The van der Waals surface area contributed by atoms with E-state index in [4.69, 9.17) is 0 Å². The summed E-state index contributed by atoms with van der Waals surface area (Å²) in [7, 11) is 0. The summed E-state index contributed by atoms with van der Waals surface area (Å²) < 4.78 is 0. The van der Waals surface area contributed by atoms with Crippen LogP contribution in [0, 0.1) is 11.8 Å². The van der Waals surface area contributed by atoms with Gasteiger partial charge in [0.05, 0.1) is 0 Å². The fourth-order valence-electron chi connectivity index (χ4n) is 3.58. The summed E-state index contributed by atoms with van der Waals surface area (Å²) in [6.07, 6.45) is 9.79. The van der Waals surface area contributed by atoms with Gasteiger partial charge in [0, 0.05) is 31.7 Å². The van der Waals surface area contributed by atoms with Crippen molar-refractivity contribution in [3.05, 3.63) is 0 Å². The maximum absolute atomic E-state index is 3.76. The Bertz CT molecular complexity index is 250. The van der Waals surface area contributed by atoms with E-state index in [1.165, 1.54) is 64.6 Å². The zero-order valence-electron chi connectivity index (χ0n) is 13.3. The lowest BCUT2D eigenvalue weighted by molar-refractivity contribution is 0.0913. The third-order valence-corrected chi connectivity index (χ3v) is 5.23. The number of piperazine rings is 1. The number of rotatable bonds is 8. The molecule has 0 aromatic carbocycles. The third-order valence-electron chi connectivity index (χ3n) is 5.23. The molecule has 0 aromatic heterocycles. The van der Waals surface area contributed by atoms with Crippen LogP contribution in [0.4, 0.5) is 0 Å². The van der Waals surface area contributed by atoms with E-state index in [2.05, 4.69) is 31.0 Å². The van der Waals surface area contributed by atoms with Crippen molar-refractivity contribution >= 4 is 0 Å². The molecule has 1 heterocycles. The van der Waals surface area contributed by atoms with E-state index >= 15 is 0 Å². The molecule has 0 spiro atoms. The van der Waals surface area contributed by atoms with Crippen LogP contribution in [-0.4, -0.2) is 36.6 Å². The van der Waals surface area contributed by atoms with Crippen molar-refractivity contribution < 1.29 is 0 Å². The second-order valence-electron chi connectivity index (χ2n) is 6.79. The minimum absolute atomic E-state index is 0.735. The molecule has 2 aliphatic rings. The van der Waals surface area contributed by atoms with Gasteiger partial charge in [0.2, 0.25) is 0 Å². The van der Waals surface area contributed by atoms with Crippen molar-refractivity contribution in [3.63, 3.8) is 0 Å². The molecule has 2 rings (SSSR count). The zero-order chi connectivity index (χ0) is 13.7. The maximum Gasteiger partial charge on any atom is 0.0249 e. The molecule has 1 aliphatic heterocycles. The number of nitrogens with one attached hydrogen (secondary N) is 1. The molecule has 1 saturated heterocycles. The normalized spacial score (nSPS) is 30.5. The Morgan fingerprint density at radius 3 is 2.58 bits per heavy atom. The molecule has 1 saturated carbocycles. The van der Waals surface area contributed by atoms with Gasteiger partial charge in [-0.2, -0.15) is 0 Å². The quantitative estimate of drug-likeness (QED) is 0.721. The predicted octanol–water partition coefficient (Wildman–Crippen LogP) is 3.67. The average molecular weight is 266 g/mol. The first-order valence-corrected chi connectivity index (χ1v) is 8.75. The first-order chi connectivity index (χ1) is 9.28. The van der Waals surface area contributed by atoms with Crippen LogP contribution in [0.5, 0.6) is 0 Å². The predicted molar refractivity (Wildman–Crippen MR) is 83.5 cm³/mol. The standard InChI is InChI=1S/C17H34N2/c1-4-7-8-14(5-2)12-19-13-16(6-3)18-11-17(19)15-9-10-15/h14-18H,4-13H2,1-3H3. The van der Waals surface area contributed by atoms with E-state index in [0.29, 0.717) is 0 Å². The fraction of sp³-hybridized carbons (Fsp3) is 1.00. The molecule has 3 unspecified atom stereocenters. The van der Waals surface area contributed by atoms with Gasteiger partial charge in [-0.25, -0.2) is 0 Å². The number of nitrogens with zero attached hydrogens (tertiary/aromatic N) is 1. The first kappa shape index (κ1) is 15.3. The molecule has 2 nitrogen and oxygen atoms in total. The van der Waals surface area contributed by atoms with Gasteiger partial charge in [0.1, 0.15) is 0 Å². The highest BCUT2D eigenvalue weighted by Gasteiger charge is 2.38. The molecular weight excluding hydrogens is 232 g/mol. The Balaban J connectivity index is 1.88. The summed E-state index contributed by atoms with van der Waals surface area (Å²) in [5.74, 6) is 1.94. The van der Waals surface area contributed by atoms with Gasteiger partial charge in [-0.3, -0.25) is 4.90 Å². The molecule has 0 amide bonds. The summed E-state index contributed by atoms with van der Waals surface area (Å²) in [5, 5.41) is 3.76. The highest BCUT2D eigenvalue weighted by molar-refractivity contribution is 4.95. The lowest BCUT2D eigenvalue weighted by Crippen LogP contribution is -2.58. The SMILES string of the molecule is CCCCC(CC)CN1CC(CC)NCC1C1CC1. The molecule has 1 aliphatic carbocycles. The first-order valence-electron chi connectivity index (χ1n) is 8.75. The van der Waals surface area contributed by atoms with Crippen LogP contribution >= 0.6 is 0 Å². The monoisotopic (exact) mass is 266 g/mol. The van der Waals surface area contributed by atoms with E-state index in [9.17, 15) is 0 Å². The molecule has 2 heteroatoms. The maximum atomic E-state index is 3.76. The number of hydrogen-bond acceptors (Lipinski definition) is 2. The van der Waals surface area contributed by atoms with Crippen LogP contribution in [-0.2, 0) is 0 Å². The molecule has 0 radical (unpaired) electrons. The Hall–Kier alpha value is -0.0800. The van der Waals surface area contributed by atoms with E-state index in [1.807, 2.05) is 0 Å². The van der Waals surface area contributed by atoms with Crippen molar-refractivity contribution in [2.45, 2.75) is 77.8 Å². The van der Waals surface area contributed by atoms with Crippen molar-refractivity contribution in [1.82, 2.24) is 10.2 Å². The number of unbranched alkanes of at least 4 members (excludes halogenated alkanes) is 1. The largest absolute Gasteiger partial charge is 0.311 e. The Labute approximate surface area is 120 Å². The summed E-state index contributed by atoms with van der Waals surface area (Å²) in [5.41, 5.74) is 0. The Kier molecular flexibility index (Phi) is 6.15. The van der Waals surface area contributed by atoms with Gasteiger partial charge in [-0.1, -0.05) is 40.0 Å². The fourth-order valence-corrected chi connectivity index (χ4v) is 3.58. The molecule has 1 N–H and O–H groups in total. The molecule has 0 bridgehead atoms. The highest BCUT2D eigenvalue weighted by atomic mass is 15.2. The van der Waals surface area contributed by atoms with Crippen molar-refractivity contribution in [2.75, 3.05) is 19.6 Å². The summed E-state index contributed by atoms with van der Waals surface area (Å²) in [4.78, 5) is 2.85. The zero-order valence-corrected chi connectivity index (χ0v) is 13.3. The average Bonchev–Trinajstić information content (AvgIpc) is 3.27. The van der Waals surface area contributed by atoms with Gasteiger partial charge < -0.3 is 5.32 Å². The summed E-state index contributed by atoms with van der Waals surface area (Å²) in [6, 6.07) is 1.58. The van der Waals surface area contributed by atoms with Crippen molar-refractivity contribution in [3.8, 4) is 0 Å². The van der Waals surface area contributed by atoms with E-state index in [0.717, 1.165) is 23.9 Å². The minimum atomic E-state index is 0.735.